The molecule has 7 rings (SSSR count). The monoisotopic (exact) mass is 520 g/mol. The van der Waals surface area contributed by atoms with Gasteiger partial charge in [0.1, 0.15) is 11.9 Å². The Kier molecular flexibility index (Phi) is 5.91. The van der Waals surface area contributed by atoms with Crippen molar-refractivity contribution in [1.29, 1.82) is 0 Å². The average Bonchev–Trinajstić information content (AvgIpc) is 3.31. The SMILES string of the molecule is CN(C(=O)/C=C/c1ccccc1)C1CC[C@@]2(O)[C@H]3Cc4cccc5c4[C@@]2(CCN3CCc2ccccc2)C1O5. The van der Waals surface area contributed by atoms with Gasteiger partial charge in [-0.3, -0.25) is 9.69 Å². The smallest absolute Gasteiger partial charge is 0.246 e. The molecule has 2 fully saturated rings. The average molecular weight is 521 g/mol. The first-order valence-electron chi connectivity index (χ1n) is 14.3. The molecule has 3 aromatic carbocycles. The minimum absolute atomic E-state index is 0.0295. The van der Waals surface area contributed by atoms with Crippen molar-refractivity contribution >= 4 is 12.0 Å². The highest BCUT2D eigenvalue weighted by molar-refractivity contribution is 5.92. The Morgan fingerprint density at radius 1 is 1.05 bits per heavy atom. The van der Waals surface area contributed by atoms with Crippen LogP contribution in [0.3, 0.4) is 0 Å². The number of rotatable bonds is 6. The van der Waals surface area contributed by atoms with Crippen LogP contribution < -0.4 is 4.74 Å². The molecule has 5 heteroatoms. The number of benzene rings is 3. The fraction of sp³-hybridized carbons (Fsp3) is 0.382. The first-order valence-corrected chi connectivity index (χ1v) is 14.3. The van der Waals surface area contributed by atoms with Crippen LogP contribution in [0.4, 0.5) is 0 Å². The van der Waals surface area contributed by atoms with Gasteiger partial charge in [-0.1, -0.05) is 72.8 Å². The highest BCUT2D eigenvalue weighted by Crippen LogP contribution is 2.64. The molecule has 0 aromatic heterocycles. The lowest BCUT2D eigenvalue weighted by Crippen LogP contribution is -2.78. The third-order valence-corrected chi connectivity index (χ3v) is 10.0. The second-order valence-electron chi connectivity index (χ2n) is 11.8. The zero-order valence-electron chi connectivity index (χ0n) is 22.5. The Balaban J connectivity index is 1.20. The van der Waals surface area contributed by atoms with E-state index in [1.807, 2.05) is 48.4 Å². The first kappa shape index (κ1) is 24.6. The number of ether oxygens (including phenoxy) is 1. The Morgan fingerprint density at radius 2 is 1.82 bits per heavy atom. The van der Waals surface area contributed by atoms with E-state index < -0.39 is 11.0 Å². The number of likely N-dealkylation sites (N-methyl/N-ethyl adjacent to an activating group) is 1. The number of carbonyl (C=O) groups excluding carboxylic acids is 1. The van der Waals surface area contributed by atoms with Crippen LogP contribution in [0, 0.1) is 0 Å². The number of likely N-dealkylation sites (tertiary alicyclic amines) is 1. The Hall–Kier alpha value is -3.41. The second-order valence-corrected chi connectivity index (χ2v) is 11.8. The molecule has 2 aliphatic carbocycles. The molecule has 4 aliphatic rings. The Bertz CT molecular complexity index is 1410. The standard InChI is InChI=1S/C34H36N2O3/c1-35(30(37)16-15-24-9-4-2-5-10-24)27-17-19-34(38)29-23-26-13-8-14-28-31(26)33(34,32(27)39-28)20-22-36(29)21-18-25-11-6-3-7-12-25/h2-16,27,29,32,38H,17-23H2,1H3/b16-15+/t27?,29-,32?,33+,34-/m1/s1. The van der Waals surface area contributed by atoms with E-state index in [2.05, 4.69) is 53.4 Å². The van der Waals surface area contributed by atoms with Crippen LogP contribution in [0.1, 0.15) is 41.5 Å². The van der Waals surface area contributed by atoms with Gasteiger partial charge in [-0.15, -0.1) is 0 Å². The van der Waals surface area contributed by atoms with E-state index in [4.69, 9.17) is 4.74 Å². The van der Waals surface area contributed by atoms with Gasteiger partial charge in [0.2, 0.25) is 5.91 Å². The van der Waals surface area contributed by atoms with Gasteiger partial charge in [-0.05, 0) is 67.5 Å². The van der Waals surface area contributed by atoms with Crippen molar-refractivity contribution in [3.8, 4) is 5.75 Å². The van der Waals surface area contributed by atoms with Gasteiger partial charge < -0.3 is 14.7 Å². The van der Waals surface area contributed by atoms with Gasteiger partial charge in [0, 0.05) is 31.3 Å². The zero-order valence-corrected chi connectivity index (χ0v) is 22.5. The van der Waals surface area contributed by atoms with Gasteiger partial charge in [-0.25, -0.2) is 0 Å². The minimum atomic E-state index is -0.882. The lowest BCUT2D eigenvalue weighted by molar-refractivity contribution is -0.199. The molecule has 1 spiro atoms. The molecule has 200 valence electrons. The zero-order chi connectivity index (χ0) is 26.6. The summed E-state index contributed by atoms with van der Waals surface area (Å²) in [6.45, 7) is 1.85. The lowest BCUT2D eigenvalue weighted by atomic mass is 9.48. The molecule has 3 aromatic rings. The van der Waals surface area contributed by atoms with Crippen LogP contribution in [0.2, 0.25) is 0 Å². The second kappa shape index (κ2) is 9.35. The summed E-state index contributed by atoms with van der Waals surface area (Å²) in [4.78, 5) is 17.8. The molecule has 2 aliphatic heterocycles. The molecule has 0 radical (unpaired) electrons. The summed E-state index contributed by atoms with van der Waals surface area (Å²) < 4.78 is 6.76. The Morgan fingerprint density at radius 3 is 2.62 bits per heavy atom. The van der Waals surface area contributed by atoms with Gasteiger partial charge in [0.25, 0.3) is 0 Å². The van der Waals surface area contributed by atoms with Crippen molar-refractivity contribution < 1.29 is 14.6 Å². The third-order valence-electron chi connectivity index (χ3n) is 10.0. The van der Waals surface area contributed by atoms with Crippen molar-refractivity contribution in [1.82, 2.24) is 9.80 Å². The molecule has 5 nitrogen and oxygen atoms in total. The van der Waals surface area contributed by atoms with Gasteiger partial charge in [0.15, 0.2) is 0 Å². The molecule has 2 heterocycles. The maximum absolute atomic E-state index is 13.4. The summed E-state index contributed by atoms with van der Waals surface area (Å²) in [6.07, 6.45) is 7.31. The number of aliphatic hydroxyl groups is 1. The van der Waals surface area contributed by atoms with E-state index in [1.54, 1.807) is 6.08 Å². The fourth-order valence-electron chi connectivity index (χ4n) is 8.17. The minimum Gasteiger partial charge on any atom is -0.487 e. The van der Waals surface area contributed by atoms with Crippen molar-refractivity contribution in [3.63, 3.8) is 0 Å². The van der Waals surface area contributed by atoms with Crippen molar-refractivity contribution in [2.75, 3.05) is 20.1 Å². The topological polar surface area (TPSA) is 53.0 Å². The summed E-state index contributed by atoms with van der Waals surface area (Å²) in [5.41, 5.74) is 3.47. The third kappa shape index (κ3) is 3.70. The van der Waals surface area contributed by atoms with Crippen LogP contribution in [-0.2, 0) is 23.1 Å². The van der Waals surface area contributed by atoms with E-state index in [0.29, 0.717) is 6.42 Å². The van der Waals surface area contributed by atoms with Crippen molar-refractivity contribution in [2.24, 2.45) is 0 Å². The van der Waals surface area contributed by atoms with Gasteiger partial charge in [-0.2, -0.15) is 0 Å². The maximum Gasteiger partial charge on any atom is 0.246 e. The van der Waals surface area contributed by atoms with Crippen molar-refractivity contribution in [2.45, 2.75) is 61.3 Å². The predicted molar refractivity (Wildman–Crippen MR) is 153 cm³/mol. The van der Waals surface area contributed by atoms with Crippen LogP contribution in [0.15, 0.2) is 84.9 Å². The summed E-state index contributed by atoms with van der Waals surface area (Å²) in [5.74, 6) is 0.873. The molecular formula is C34H36N2O3. The number of amides is 1. The quantitative estimate of drug-likeness (QED) is 0.482. The summed E-state index contributed by atoms with van der Waals surface area (Å²) in [6, 6.07) is 26.9. The normalized spacial score (nSPS) is 30.6. The van der Waals surface area contributed by atoms with E-state index in [-0.39, 0.29) is 24.1 Å². The fourth-order valence-corrected chi connectivity index (χ4v) is 8.17. The van der Waals surface area contributed by atoms with E-state index >= 15 is 0 Å². The van der Waals surface area contributed by atoms with E-state index in [0.717, 1.165) is 50.1 Å². The number of piperidine rings is 1. The molecule has 2 bridgehead atoms. The number of carbonyl (C=O) groups is 1. The molecule has 2 unspecified atom stereocenters. The number of hydrogen-bond acceptors (Lipinski definition) is 4. The molecule has 39 heavy (non-hydrogen) atoms. The number of nitrogens with zero attached hydrogens (tertiary/aromatic N) is 2. The van der Waals surface area contributed by atoms with Crippen LogP contribution in [-0.4, -0.2) is 64.7 Å². The molecule has 5 atom stereocenters. The van der Waals surface area contributed by atoms with Crippen LogP contribution >= 0.6 is 0 Å². The lowest BCUT2D eigenvalue weighted by Gasteiger charge is -2.64. The van der Waals surface area contributed by atoms with Crippen LogP contribution in [0.5, 0.6) is 5.75 Å². The number of hydrogen-bond donors (Lipinski definition) is 1. The Labute approximate surface area is 230 Å². The summed E-state index contributed by atoms with van der Waals surface area (Å²) >= 11 is 0. The van der Waals surface area contributed by atoms with Gasteiger partial charge >= 0.3 is 0 Å². The van der Waals surface area contributed by atoms with Crippen molar-refractivity contribution in [3.05, 3.63) is 107 Å². The predicted octanol–water partition coefficient (Wildman–Crippen LogP) is 4.62. The highest BCUT2D eigenvalue weighted by atomic mass is 16.5. The molecule has 1 N–H and O–H groups in total. The molecular weight excluding hydrogens is 484 g/mol. The van der Waals surface area contributed by atoms with Gasteiger partial charge in [0.05, 0.1) is 17.1 Å². The molecule has 1 amide bonds. The summed E-state index contributed by atoms with van der Waals surface area (Å²) in [7, 11) is 1.89. The summed E-state index contributed by atoms with van der Waals surface area (Å²) in [5, 5.41) is 12.7. The maximum atomic E-state index is 13.4. The van der Waals surface area contributed by atoms with Crippen LogP contribution in [0.25, 0.3) is 6.08 Å². The molecule has 1 saturated carbocycles. The van der Waals surface area contributed by atoms with E-state index in [9.17, 15) is 9.90 Å². The highest BCUT2D eigenvalue weighted by Gasteiger charge is 2.72. The largest absolute Gasteiger partial charge is 0.487 e. The first-order chi connectivity index (χ1) is 19.0. The molecule has 1 saturated heterocycles. The van der Waals surface area contributed by atoms with E-state index in [1.165, 1.54) is 16.7 Å².